The highest BCUT2D eigenvalue weighted by Gasteiger charge is 2.41. The van der Waals surface area contributed by atoms with E-state index < -0.39 is 23.3 Å². The summed E-state index contributed by atoms with van der Waals surface area (Å²) in [7, 11) is 1.66. The van der Waals surface area contributed by atoms with Gasteiger partial charge in [-0.15, -0.1) is 24.8 Å². The smallest absolute Gasteiger partial charge is 0.351 e. The van der Waals surface area contributed by atoms with E-state index in [4.69, 9.17) is 11.6 Å². The maximum Gasteiger partial charge on any atom is 0.434 e. The maximum atomic E-state index is 13.4. The molecule has 2 rings (SSSR count). The van der Waals surface area contributed by atoms with Gasteiger partial charge in [-0.3, -0.25) is 4.79 Å². The van der Waals surface area contributed by atoms with Crippen LogP contribution in [0.15, 0.2) is 24.5 Å². The number of alkyl halides is 3. The summed E-state index contributed by atoms with van der Waals surface area (Å²) in [6, 6.07) is 2.87. The summed E-state index contributed by atoms with van der Waals surface area (Å²) < 4.78 is 40.7. The third kappa shape index (κ3) is 5.46. The van der Waals surface area contributed by atoms with Crippen LogP contribution >= 0.6 is 36.4 Å². The molecule has 0 aliphatic carbocycles. The lowest BCUT2D eigenvalue weighted by atomic mass is 10.2. The molecule has 6 nitrogen and oxygen atoms in total. The molecule has 2 N–H and O–H groups in total. The standard InChI is InChI=1S/C13H13ClF3N5O.2ClH/c1-18-5-6-20-12(23)8-7-21-22(10(8)13(15,16)17)11-9(14)3-2-4-19-11;;/h2-4,7,18H,5-6H2,1H3,(H,20,23);2*1H. The van der Waals surface area contributed by atoms with Gasteiger partial charge in [0.2, 0.25) is 0 Å². The number of nitrogens with zero attached hydrogens (tertiary/aromatic N) is 3. The van der Waals surface area contributed by atoms with Crippen molar-refractivity contribution in [3.05, 3.63) is 40.8 Å². The largest absolute Gasteiger partial charge is 0.434 e. The molecule has 140 valence electrons. The summed E-state index contributed by atoms with van der Waals surface area (Å²) in [6.45, 7) is 0.607. The van der Waals surface area contributed by atoms with Gasteiger partial charge >= 0.3 is 6.18 Å². The predicted molar refractivity (Wildman–Crippen MR) is 92.1 cm³/mol. The normalized spacial score (nSPS) is 10.6. The number of rotatable bonds is 5. The molecule has 2 aromatic rings. The molecule has 2 heterocycles. The van der Waals surface area contributed by atoms with Crippen molar-refractivity contribution in [2.24, 2.45) is 0 Å². The van der Waals surface area contributed by atoms with Gasteiger partial charge in [0, 0.05) is 19.3 Å². The second kappa shape index (κ2) is 9.81. The van der Waals surface area contributed by atoms with Gasteiger partial charge in [0.25, 0.3) is 5.91 Å². The molecule has 0 unspecified atom stereocenters. The fraction of sp³-hybridized carbons (Fsp3) is 0.308. The fourth-order valence-electron chi connectivity index (χ4n) is 1.88. The molecule has 0 atom stereocenters. The summed E-state index contributed by atoms with van der Waals surface area (Å²) in [5, 5.41) is 8.78. The molecule has 0 aliphatic heterocycles. The second-order valence-electron chi connectivity index (χ2n) is 4.48. The molecular weight excluding hydrogens is 406 g/mol. The third-order valence-corrected chi connectivity index (χ3v) is 3.18. The van der Waals surface area contributed by atoms with Crippen LogP contribution in [-0.2, 0) is 6.18 Å². The van der Waals surface area contributed by atoms with Crippen LogP contribution < -0.4 is 10.6 Å². The first kappa shape index (κ1) is 23.4. The highest BCUT2D eigenvalue weighted by molar-refractivity contribution is 6.32. The Bertz CT molecular complexity index is 708. The maximum absolute atomic E-state index is 13.4. The molecule has 0 spiro atoms. The van der Waals surface area contributed by atoms with E-state index in [1.54, 1.807) is 7.05 Å². The summed E-state index contributed by atoms with van der Waals surface area (Å²) in [5.41, 5.74) is -1.81. The minimum atomic E-state index is -4.80. The molecule has 0 radical (unpaired) electrons. The molecule has 0 saturated carbocycles. The number of carbonyl (C=O) groups excluding carboxylic acids is 1. The van der Waals surface area contributed by atoms with Crippen molar-refractivity contribution in [2.75, 3.05) is 20.1 Å². The first-order valence-electron chi connectivity index (χ1n) is 6.55. The van der Waals surface area contributed by atoms with Crippen molar-refractivity contribution in [3.63, 3.8) is 0 Å². The number of amides is 1. The van der Waals surface area contributed by atoms with Gasteiger partial charge in [-0.05, 0) is 19.2 Å². The van der Waals surface area contributed by atoms with Crippen LogP contribution in [0.1, 0.15) is 16.1 Å². The van der Waals surface area contributed by atoms with E-state index in [2.05, 4.69) is 20.7 Å². The zero-order valence-electron chi connectivity index (χ0n) is 12.8. The highest BCUT2D eigenvalue weighted by Crippen LogP contribution is 2.34. The Labute approximate surface area is 159 Å². The van der Waals surface area contributed by atoms with Crippen LogP contribution in [0.3, 0.4) is 0 Å². The van der Waals surface area contributed by atoms with Gasteiger partial charge < -0.3 is 10.6 Å². The third-order valence-electron chi connectivity index (χ3n) is 2.88. The fourth-order valence-corrected chi connectivity index (χ4v) is 2.08. The lowest BCUT2D eigenvalue weighted by molar-refractivity contribution is -0.143. The van der Waals surface area contributed by atoms with Crippen LogP contribution in [0, 0.1) is 0 Å². The monoisotopic (exact) mass is 419 g/mol. The Morgan fingerprint density at radius 1 is 1.32 bits per heavy atom. The summed E-state index contributed by atoms with van der Waals surface area (Å²) in [5.74, 6) is -1.07. The van der Waals surface area contributed by atoms with Gasteiger partial charge in [0.1, 0.15) is 0 Å². The Morgan fingerprint density at radius 3 is 2.56 bits per heavy atom. The minimum absolute atomic E-state index is 0. The molecule has 0 aliphatic rings. The first-order valence-corrected chi connectivity index (χ1v) is 6.93. The average Bonchev–Trinajstić information content (AvgIpc) is 2.93. The van der Waals surface area contributed by atoms with E-state index in [-0.39, 0.29) is 42.2 Å². The number of aromatic nitrogens is 3. The molecule has 0 saturated heterocycles. The van der Waals surface area contributed by atoms with Crippen LogP contribution in [-0.4, -0.2) is 40.8 Å². The van der Waals surface area contributed by atoms with Crippen molar-refractivity contribution < 1.29 is 18.0 Å². The van der Waals surface area contributed by atoms with Crippen LogP contribution in [0.25, 0.3) is 5.82 Å². The van der Waals surface area contributed by atoms with Crippen LogP contribution in [0.4, 0.5) is 13.2 Å². The van der Waals surface area contributed by atoms with E-state index in [1.807, 2.05) is 0 Å². The number of pyridine rings is 1. The molecule has 1 amide bonds. The zero-order valence-corrected chi connectivity index (χ0v) is 15.2. The highest BCUT2D eigenvalue weighted by atomic mass is 35.5. The van der Waals surface area contributed by atoms with Gasteiger partial charge in [0.05, 0.1) is 16.8 Å². The van der Waals surface area contributed by atoms with Gasteiger partial charge in [-0.25, -0.2) is 9.67 Å². The molecule has 0 bridgehead atoms. The van der Waals surface area contributed by atoms with Crippen LogP contribution in [0.5, 0.6) is 0 Å². The van der Waals surface area contributed by atoms with Gasteiger partial charge in [0.15, 0.2) is 11.5 Å². The SMILES string of the molecule is CNCCNC(=O)c1cnn(-c2ncccc2Cl)c1C(F)(F)F.Cl.Cl. The van der Waals surface area contributed by atoms with E-state index in [1.165, 1.54) is 18.3 Å². The molecule has 12 heteroatoms. The molecule has 2 aromatic heterocycles. The minimum Gasteiger partial charge on any atom is -0.351 e. The second-order valence-corrected chi connectivity index (χ2v) is 4.89. The summed E-state index contributed by atoms with van der Waals surface area (Å²) in [6.07, 6.45) is -2.66. The molecule has 25 heavy (non-hydrogen) atoms. The summed E-state index contributed by atoms with van der Waals surface area (Å²) >= 11 is 5.87. The Balaban J connectivity index is 0.00000288. The summed E-state index contributed by atoms with van der Waals surface area (Å²) in [4.78, 5) is 15.8. The number of halogens is 6. The van der Waals surface area contributed by atoms with Crippen molar-refractivity contribution in [2.45, 2.75) is 6.18 Å². The molecular formula is C13H15Cl3F3N5O. The first-order chi connectivity index (χ1) is 10.9. The van der Waals surface area contributed by atoms with Crippen molar-refractivity contribution >= 4 is 42.3 Å². The van der Waals surface area contributed by atoms with Crippen LogP contribution in [0.2, 0.25) is 5.02 Å². The molecule has 0 fully saturated rings. The van der Waals surface area contributed by atoms with E-state index in [0.717, 1.165) is 6.20 Å². The number of hydrogen-bond acceptors (Lipinski definition) is 4. The van der Waals surface area contributed by atoms with E-state index in [9.17, 15) is 18.0 Å². The van der Waals surface area contributed by atoms with E-state index in [0.29, 0.717) is 11.2 Å². The lowest BCUT2D eigenvalue weighted by Crippen LogP contribution is -2.31. The lowest BCUT2D eigenvalue weighted by Gasteiger charge is -2.13. The number of likely N-dealkylation sites (N-methyl/N-ethyl adjacent to an activating group) is 1. The Kier molecular flexibility index (Phi) is 9.20. The quantitative estimate of drug-likeness (QED) is 0.730. The van der Waals surface area contributed by atoms with E-state index >= 15 is 0 Å². The topological polar surface area (TPSA) is 71.8 Å². The average molecular weight is 421 g/mol. The predicted octanol–water partition coefficient (Wildman–Crippen LogP) is 2.73. The van der Waals surface area contributed by atoms with Gasteiger partial charge in [-0.1, -0.05) is 11.6 Å². The Morgan fingerprint density at radius 2 is 2.00 bits per heavy atom. The van der Waals surface area contributed by atoms with Crippen molar-refractivity contribution in [1.29, 1.82) is 0 Å². The van der Waals surface area contributed by atoms with Crippen molar-refractivity contribution in [1.82, 2.24) is 25.4 Å². The van der Waals surface area contributed by atoms with Crippen molar-refractivity contribution in [3.8, 4) is 5.82 Å². The zero-order chi connectivity index (χ0) is 17.0. The number of carbonyl (C=O) groups is 1. The number of nitrogens with one attached hydrogen (secondary N) is 2. The Hall–Kier alpha value is -1.55. The van der Waals surface area contributed by atoms with Gasteiger partial charge in [-0.2, -0.15) is 18.3 Å². The number of hydrogen-bond donors (Lipinski definition) is 2. The molecule has 0 aromatic carbocycles.